The van der Waals surface area contributed by atoms with Crippen LogP contribution in [0.4, 0.5) is 4.79 Å². The van der Waals surface area contributed by atoms with Crippen molar-refractivity contribution in [3.63, 3.8) is 0 Å². The molecule has 8 nitrogen and oxygen atoms in total. The van der Waals surface area contributed by atoms with Crippen LogP contribution in [0.3, 0.4) is 0 Å². The number of nitrogens with one attached hydrogen (secondary N) is 1. The molecule has 1 aliphatic heterocycles. The summed E-state index contributed by atoms with van der Waals surface area (Å²) in [6.07, 6.45) is 2.18. The summed E-state index contributed by atoms with van der Waals surface area (Å²) < 4.78 is 9.96. The second-order valence-corrected chi connectivity index (χ2v) is 6.13. The van der Waals surface area contributed by atoms with Gasteiger partial charge in [-0.2, -0.15) is 0 Å². The van der Waals surface area contributed by atoms with Crippen molar-refractivity contribution in [3.05, 3.63) is 0 Å². The maximum atomic E-state index is 12.1. The van der Waals surface area contributed by atoms with Gasteiger partial charge in [-0.1, -0.05) is 0 Å². The van der Waals surface area contributed by atoms with Crippen LogP contribution < -0.4 is 5.32 Å². The van der Waals surface area contributed by atoms with Crippen LogP contribution in [0.5, 0.6) is 0 Å². The lowest BCUT2D eigenvalue weighted by Gasteiger charge is -2.31. The summed E-state index contributed by atoms with van der Waals surface area (Å²) in [4.78, 5) is 38.7. The molecule has 144 valence electrons. The highest BCUT2D eigenvalue weighted by molar-refractivity contribution is 5.78. The van der Waals surface area contributed by atoms with Crippen LogP contribution >= 0.6 is 0 Å². The molecule has 0 saturated carbocycles. The number of likely N-dealkylation sites (tertiary alicyclic amines) is 1. The van der Waals surface area contributed by atoms with Crippen LogP contribution in [-0.4, -0.2) is 80.3 Å². The predicted octanol–water partition coefficient (Wildman–Crippen LogP) is 0.999. The summed E-state index contributed by atoms with van der Waals surface area (Å²) >= 11 is 0. The van der Waals surface area contributed by atoms with Gasteiger partial charge in [-0.25, -0.2) is 4.79 Å². The number of carbonyl (C=O) groups is 3. The zero-order chi connectivity index (χ0) is 18.7. The average molecular weight is 357 g/mol. The van der Waals surface area contributed by atoms with Gasteiger partial charge < -0.3 is 24.6 Å². The Morgan fingerprint density at radius 2 is 1.88 bits per heavy atom. The van der Waals surface area contributed by atoms with Crippen molar-refractivity contribution < 1.29 is 23.9 Å². The molecule has 3 amide bonds. The first-order valence-electron chi connectivity index (χ1n) is 8.93. The first-order chi connectivity index (χ1) is 12.0. The summed E-state index contributed by atoms with van der Waals surface area (Å²) in [5, 5.41) is 2.99. The smallest absolute Gasteiger partial charge is 0.409 e. The van der Waals surface area contributed by atoms with E-state index in [1.54, 1.807) is 23.8 Å². The van der Waals surface area contributed by atoms with Crippen molar-refractivity contribution in [1.82, 2.24) is 15.1 Å². The Morgan fingerprint density at radius 3 is 2.44 bits per heavy atom. The van der Waals surface area contributed by atoms with E-state index in [1.807, 2.05) is 0 Å². The van der Waals surface area contributed by atoms with E-state index in [-0.39, 0.29) is 30.4 Å². The molecule has 0 aromatic carbocycles. The van der Waals surface area contributed by atoms with Gasteiger partial charge >= 0.3 is 6.09 Å². The fraction of sp³-hybridized carbons (Fsp3) is 0.824. The molecule has 0 radical (unpaired) electrons. The number of hydrogen-bond donors (Lipinski definition) is 1. The fourth-order valence-corrected chi connectivity index (χ4v) is 2.78. The third kappa shape index (κ3) is 8.20. The summed E-state index contributed by atoms with van der Waals surface area (Å²) in [6.45, 7) is 6.42. The van der Waals surface area contributed by atoms with Crippen LogP contribution in [0.25, 0.3) is 0 Å². The molecule has 0 spiro atoms. The number of rotatable bonds is 9. The number of nitrogens with zero attached hydrogens (tertiary/aromatic N) is 2. The van der Waals surface area contributed by atoms with Crippen LogP contribution in [-0.2, 0) is 19.1 Å². The lowest BCUT2D eigenvalue weighted by molar-refractivity contribution is -0.130. The highest BCUT2D eigenvalue weighted by Crippen LogP contribution is 2.11. The van der Waals surface area contributed by atoms with E-state index in [1.165, 1.54) is 6.92 Å². The van der Waals surface area contributed by atoms with E-state index >= 15 is 0 Å². The normalized spacial score (nSPS) is 14.9. The molecule has 0 unspecified atom stereocenters. The Labute approximate surface area is 149 Å². The molecule has 1 saturated heterocycles. The SMILES string of the molecule is CCOC(=O)N1CCC(NC(=O)CCN(CCCOC)C(C)=O)CC1. The molecule has 1 fully saturated rings. The minimum atomic E-state index is -0.291. The third-order valence-corrected chi connectivity index (χ3v) is 4.22. The van der Waals surface area contributed by atoms with E-state index in [0.717, 1.165) is 19.3 Å². The first kappa shape index (κ1) is 21.2. The number of ether oxygens (including phenoxy) is 2. The average Bonchev–Trinajstić information content (AvgIpc) is 2.58. The number of carbonyl (C=O) groups excluding carboxylic acids is 3. The van der Waals surface area contributed by atoms with Crippen molar-refractivity contribution in [2.45, 2.75) is 45.6 Å². The second kappa shape index (κ2) is 11.7. The number of amides is 3. The second-order valence-electron chi connectivity index (χ2n) is 6.13. The van der Waals surface area contributed by atoms with Gasteiger partial charge in [0.05, 0.1) is 6.61 Å². The van der Waals surface area contributed by atoms with E-state index in [0.29, 0.717) is 39.4 Å². The monoisotopic (exact) mass is 357 g/mol. The predicted molar refractivity (Wildman–Crippen MR) is 93.1 cm³/mol. The molecular formula is C17H31N3O5. The summed E-state index contributed by atoms with van der Waals surface area (Å²) in [5.41, 5.74) is 0. The van der Waals surface area contributed by atoms with Crippen molar-refractivity contribution in [3.8, 4) is 0 Å². The Hall–Kier alpha value is -1.83. The Balaban J connectivity index is 2.28. The molecule has 0 aromatic rings. The fourth-order valence-electron chi connectivity index (χ4n) is 2.78. The van der Waals surface area contributed by atoms with Gasteiger partial charge in [-0.05, 0) is 26.2 Å². The molecule has 1 aliphatic rings. The molecule has 0 aromatic heterocycles. The highest BCUT2D eigenvalue weighted by Gasteiger charge is 2.24. The van der Waals surface area contributed by atoms with Crippen molar-refractivity contribution in [2.24, 2.45) is 0 Å². The number of piperidine rings is 1. The minimum absolute atomic E-state index is 0.0355. The van der Waals surface area contributed by atoms with Crippen LogP contribution in [0.15, 0.2) is 0 Å². The highest BCUT2D eigenvalue weighted by atomic mass is 16.6. The molecule has 1 N–H and O–H groups in total. The molecule has 0 atom stereocenters. The zero-order valence-corrected chi connectivity index (χ0v) is 15.6. The maximum Gasteiger partial charge on any atom is 0.409 e. The molecule has 0 aliphatic carbocycles. The first-order valence-corrected chi connectivity index (χ1v) is 8.93. The molecule has 1 heterocycles. The number of hydrogen-bond acceptors (Lipinski definition) is 5. The largest absolute Gasteiger partial charge is 0.450 e. The summed E-state index contributed by atoms with van der Waals surface area (Å²) in [7, 11) is 1.62. The van der Waals surface area contributed by atoms with Gasteiger partial charge in [0.2, 0.25) is 11.8 Å². The van der Waals surface area contributed by atoms with E-state index in [2.05, 4.69) is 5.32 Å². The van der Waals surface area contributed by atoms with Gasteiger partial charge in [0.25, 0.3) is 0 Å². The Bertz CT molecular complexity index is 436. The van der Waals surface area contributed by atoms with E-state index < -0.39 is 0 Å². The van der Waals surface area contributed by atoms with Gasteiger partial charge in [-0.15, -0.1) is 0 Å². The third-order valence-electron chi connectivity index (χ3n) is 4.22. The zero-order valence-electron chi connectivity index (χ0n) is 15.6. The quantitative estimate of drug-likeness (QED) is 0.622. The Morgan fingerprint density at radius 1 is 1.20 bits per heavy atom. The molecular weight excluding hydrogens is 326 g/mol. The number of methoxy groups -OCH3 is 1. The van der Waals surface area contributed by atoms with Gasteiger partial charge in [0.15, 0.2) is 0 Å². The minimum Gasteiger partial charge on any atom is -0.450 e. The summed E-state index contributed by atoms with van der Waals surface area (Å²) in [6, 6.07) is 0.0671. The lowest BCUT2D eigenvalue weighted by atomic mass is 10.1. The van der Waals surface area contributed by atoms with Crippen LogP contribution in [0, 0.1) is 0 Å². The van der Waals surface area contributed by atoms with E-state index in [4.69, 9.17) is 9.47 Å². The lowest BCUT2D eigenvalue weighted by Crippen LogP contribution is -2.47. The van der Waals surface area contributed by atoms with E-state index in [9.17, 15) is 14.4 Å². The molecule has 8 heteroatoms. The van der Waals surface area contributed by atoms with Crippen molar-refractivity contribution >= 4 is 17.9 Å². The molecule has 25 heavy (non-hydrogen) atoms. The van der Waals surface area contributed by atoms with Gasteiger partial charge in [0, 0.05) is 59.3 Å². The molecule has 0 bridgehead atoms. The maximum absolute atomic E-state index is 12.1. The van der Waals surface area contributed by atoms with Gasteiger partial charge in [-0.3, -0.25) is 9.59 Å². The van der Waals surface area contributed by atoms with Crippen LogP contribution in [0.2, 0.25) is 0 Å². The standard InChI is InChI=1S/C17H31N3O5/c1-4-25-17(23)20-10-6-15(7-11-20)18-16(22)8-12-19(14(2)21)9-5-13-24-3/h15H,4-13H2,1-3H3,(H,18,22). The Kier molecular flexibility index (Phi) is 9.91. The van der Waals surface area contributed by atoms with Crippen LogP contribution in [0.1, 0.15) is 39.5 Å². The van der Waals surface area contributed by atoms with Crippen molar-refractivity contribution in [1.29, 1.82) is 0 Å². The van der Waals surface area contributed by atoms with Gasteiger partial charge in [0.1, 0.15) is 0 Å². The summed E-state index contributed by atoms with van der Waals surface area (Å²) in [5.74, 6) is -0.0979. The molecule has 1 rings (SSSR count). The topological polar surface area (TPSA) is 88.2 Å². The van der Waals surface area contributed by atoms with Crippen molar-refractivity contribution in [2.75, 3.05) is 46.5 Å².